The molecule has 3 heterocycles. The highest BCUT2D eigenvalue weighted by molar-refractivity contribution is 8.01. The van der Waals surface area contributed by atoms with Gasteiger partial charge in [-0.1, -0.05) is 54.3 Å². The van der Waals surface area contributed by atoms with Crippen molar-refractivity contribution in [3.8, 4) is 11.8 Å². The van der Waals surface area contributed by atoms with Crippen LogP contribution in [0.15, 0.2) is 97.1 Å². The van der Waals surface area contributed by atoms with Crippen molar-refractivity contribution < 1.29 is 14.4 Å². The van der Waals surface area contributed by atoms with Crippen LogP contribution in [-0.4, -0.2) is 34.5 Å². The standard InChI is InChI=1S/C34H28N4O3S2/c35-32(40)24-10-6-11-26(20-24)38-33(41)30(21-31(39)36-18-17-25-19-23-9-4-5-12-28(23)37-25)43-34(38)29-16-15-27(42-29)14-13-22-7-2-1-3-8-22/h1-12,15-16,19-20,30,34,37H,17-18,21H2,(H2,35,40)(H,36,39)/t30-,34+/m1/s1. The van der Waals surface area contributed by atoms with Crippen molar-refractivity contribution >= 4 is 57.4 Å². The van der Waals surface area contributed by atoms with Crippen molar-refractivity contribution in [3.05, 3.63) is 124 Å². The number of primary amides is 1. The second-order valence-corrected chi connectivity index (χ2v) is 12.5. The van der Waals surface area contributed by atoms with Gasteiger partial charge < -0.3 is 16.0 Å². The molecule has 0 bridgehead atoms. The summed E-state index contributed by atoms with van der Waals surface area (Å²) >= 11 is 2.94. The van der Waals surface area contributed by atoms with Gasteiger partial charge in [0, 0.05) is 52.3 Å². The number of fused-ring (bicyclic) bond motifs is 1. The molecule has 9 heteroatoms. The number of hydrogen-bond donors (Lipinski definition) is 3. The minimum absolute atomic E-state index is 0.0464. The Hall–Kier alpha value is -4.78. The summed E-state index contributed by atoms with van der Waals surface area (Å²) in [6.07, 6.45) is 0.702. The van der Waals surface area contributed by atoms with Gasteiger partial charge in [0.05, 0.1) is 10.1 Å². The number of anilines is 1. The van der Waals surface area contributed by atoms with Crippen LogP contribution in [0.3, 0.4) is 0 Å². The smallest absolute Gasteiger partial charge is 0.248 e. The number of nitrogens with one attached hydrogen (secondary N) is 2. The van der Waals surface area contributed by atoms with E-state index in [1.807, 2.05) is 66.7 Å². The van der Waals surface area contributed by atoms with E-state index in [0.717, 1.165) is 31.9 Å². The average molecular weight is 605 g/mol. The van der Waals surface area contributed by atoms with Crippen molar-refractivity contribution in [2.45, 2.75) is 23.5 Å². The van der Waals surface area contributed by atoms with Crippen LogP contribution < -0.4 is 16.0 Å². The van der Waals surface area contributed by atoms with E-state index in [4.69, 9.17) is 5.73 Å². The third-order valence-electron chi connectivity index (χ3n) is 7.10. The highest BCUT2D eigenvalue weighted by atomic mass is 32.2. The van der Waals surface area contributed by atoms with Gasteiger partial charge >= 0.3 is 0 Å². The predicted molar refractivity (Wildman–Crippen MR) is 173 cm³/mol. The van der Waals surface area contributed by atoms with E-state index >= 15 is 0 Å². The number of thiophene rings is 1. The second kappa shape index (κ2) is 12.6. The number of aromatic amines is 1. The molecular formula is C34H28N4O3S2. The number of thioether (sulfide) groups is 1. The van der Waals surface area contributed by atoms with Gasteiger partial charge in [-0.25, -0.2) is 0 Å². The van der Waals surface area contributed by atoms with Gasteiger partial charge in [0.25, 0.3) is 0 Å². The lowest BCUT2D eigenvalue weighted by atomic mass is 10.1. The largest absolute Gasteiger partial charge is 0.366 e. The van der Waals surface area contributed by atoms with E-state index in [0.29, 0.717) is 24.2 Å². The monoisotopic (exact) mass is 604 g/mol. The fourth-order valence-corrected chi connectivity index (χ4v) is 7.49. The van der Waals surface area contributed by atoms with E-state index in [9.17, 15) is 14.4 Å². The summed E-state index contributed by atoms with van der Waals surface area (Å²) in [7, 11) is 0. The molecule has 1 aliphatic rings. The fourth-order valence-electron chi connectivity index (χ4n) is 5.00. The topological polar surface area (TPSA) is 108 Å². The predicted octanol–water partition coefficient (Wildman–Crippen LogP) is 5.62. The number of amides is 3. The van der Waals surface area contributed by atoms with Gasteiger partial charge in [0.2, 0.25) is 17.7 Å². The fraction of sp³-hybridized carbons (Fsp3) is 0.147. The number of hydrogen-bond acceptors (Lipinski definition) is 5. The molecule has 4 N–H and O–H groups in total. The molecule has 214 valence electrons. The van der Waals surface area contributed by atoms with Gasteiger partial charge in [0.1, 0.15) is 5.37 Å². The maximum Gasteiger partial charge on any atom is 0.248 e. The Labute approximate surface area is 257 Å². The van der Waals surface area contributed by atoms with E-state index in [-0.39, 0.29) is 23.6 Å². The first-order valence-corrected chi connectivity index (χ1v) is 15.6. The summed E-state index contributed by atoms with van der Waals surface area (Å²) in [4.78, 5) is 45.5. The quantitative estimate of drug-likeness (QED) is 0.200. The Morgan fingerprint density at radius 2 is 1.74 bits per heavy atom. The lowest BCUT2D eigenvalue weighted by Gasteiger charge is -2.23. The molecule has 7 nitrogen and oxygen atoms in total. The minimum Gasteiger partial charge on any atom is -0.366 e. The van der Waals surface area contributed by atoms with Crippen LogP contribution in [0, 0.1) is 11.8 Å². The van der Waals surface area contributed by atoms with Crippen LogP contribution in [-0.2, 0) is 16.0 Å². The Morgan fingerprint density at radius 3 is 2.56 bits per heavy atom. The van der Waals surface area contributed by atoms with E-state index < -0.39 is 11.2 Å². The summed E-state index contributed by atoms with van der Waals surface area (Å²) in [6, 6.07) is 30.5. The van der Waals surface area contributed by atoms with E-state index in [2.05, 4.69) is 28.2 Å². The maximum atomic E-state index is 13.8. The lowest BCUT2D eigenvalue weighted by Crippen LogP contribution is -2.34. The molecular weight excluding hydrogens is 577 g/mol. The number of H-pyrrole nitrogens is 1. The number of aromatic nitrogens is 1. The highest BCUT2D eigenvalue weighted by Gasteiger charge is 2.43. The maximum absolute atomic E-state index is 13.8. The number of nitrogens with zero attached hydrogens (tertiary/aromatic N) is 1. The van der Waals surface area contributed by atoms with Gasteiger partial charge in [-0.15, -0.1) is 23.1 Å². The van der Waals surface area contributed by atoms with Crippen molar-refractivity contribution in [2.24, 2.45) is 5.73 Å². The molecule has 0 saturated carbocycles. The van der Waals surface area contributed by atoms with Crippen molar-refractivity contribution in [1.29, 1.82) is 0 Å². The van der Waals surface area contributed by atoms with Gasteiger partial charge in [-0.3, -0.25) is 19.3 Å². The zero-order valence-electron chi connectivity index (χ0n) is 23.1. The minimum atomic E-state index is -0.587. The second-order valence-electron chi connectivity index (χ2n) is 10.1. The zero-order chi connectivity index (χ0) is 29.8. The molecule has 43 heavy (non-hydrogen) atoms. The molecule has 0 unspecified atom stereocenters. The number of nitrogens with two attached hydrogens (primary N) is 1. The lowest BCUT2D eigenvalue weighted by molar-refractivity contribution is -0.124. The Kier molecular flexibility index (Phi) is 8.31. The van der Waals surface area contributed by atoms with E-state index in [1.54, 1.807) is 29.2 Å². The van der Waals surface area contributed by atoms with Crippen molar-refractivity contribution in [1.82, 2.24) is 10.3 Å². The number of carbonyl (C=O) groups is 3. The van der Waals surface area contributed by atoms with Gasteiger partial charge in [-0.2, -0.15) is 0 Å². The van der Waals surface area contributed by atoms with Crippen LogP contribution in [0.5, 0.6) is 0 Å². The first-order valence-electron chi connectivity index (χ1n) is 13.8. The van der Waals surface area contributed by atoms with Crippen LogP contribution in [0.2, 0.25) is 0 Å². The number of para-hydroxylation sites is 1. The molecule has 2 atom stereocenters. The molecule has 1 aliphatic heterocycles. The normalized spacial score (nSPS) is 16.2. The summed E-state index contributed by atoms with van der Waals surface area (Å²) in [5.41, 5.74) is 9.43. The summed E-state index contributed by atoms with van der Waals surface area (Å²) in [5, 5.41) is 3.14. The molecule has 2 aromatic heterocycles. The average Bonchev–Trinajstić information content (AvgIpc) is 3.74. The SMILES string of the molecule is NC(=O)c1cccc(N2C(=O)[C@@H](CC(=O)NCCc3cc4ccccc4[nH]3)S[C@H]2c2ccc(C#Cc3ccccc3)s2)c1. The molecule has 1 saturated heterocycles. The summed E-state index contributed by atoms with van der Waals surface area (Å²) < 4.78 is 0. The van der Waals surface area contributed by atoms with Crippen LogP contribution in [0.1, 0.15) is 43.2 Å². The Balaban J connectivity index is 1.18. The molecule has 6 rings (SSSR count). The Morgan fingerprint density at radius 1 is 0.930 bits per heavy atom. The molecule has 1 fully saturated rings. The number of rotatable bonds is 8. The number of carbonyl (C=O) groups excluding carboxylic acids is 3. The third kappa shape index (κ3) is 6.51. The molecule has 0 radical (unpaired) electrons. The Bertz CT molecular complexity index is 1840. The third-order valence-corrected chi connectivity index (χ3v) is 9.72. The van der Waals surface area contributed by atoms with Crippen LogP contribution in [0.25, 0.3) is 10.9 Å². The summed E-state index contributed by atoms with van der Waals surface area (Å²) in [6.45, 7) is 0.458. The first-order chi connectivity index (χ1) is 20.9. The van der Waals surface area contributed by atoms with Crippen molar-refractivity contribution in [2.75, 3.05) is 11.4 Å². The zero-order valence-corrected chi connectivity index (χ0v) is 24.7. The van der Waals surface area contributed by atoms with Gasteiger partial charge in [0.15, 0.2) is 0 Å². The van der Waals surface area contributed by atoms with E-state index in [1.165, 1.54) is 23.1 Å². The molecule has 0 aliphatic carbocycles. The van der Waals surface area contributed by atoms with Gasteiger partial charge in [-0.05, 0) is 60.0 Å². The first kappa shape index (κ1) is 28.3. The van der Waals surface area contributed by atoms with Crippen LogP contribution >= 0.6 is 23.1 Å². The highest BCUT2D eigenvalue weighted by Crippen LogP contribution is 2.48. The molecule has 3 aromatic carbocycles. The molecule has 5 aromatic rings. The molecule has 3 amide bonds. The summed E-state index contributed by atoms with van der Waals surface area (Å²) in [5.74, 6) is 5.44. The van der Waals surface area contributed by atoms with Crippen molar-refractivity contribution in [3.63, 3.8) is 0 Å². The number of benzene rings is 3. The van der Waals surface area contributed by atoms with Crippen LogP contribution in [0.4, 0.5) is 5.69 Å². The molecule has 0 spiro atoms.